The first-order chi connectivity index (χ1) is 10.5. The minimum absolute atomic E-state index is 0.141. The number of carbonyl (C=O) groups is 1. The van der Waals surface area contributed by atoms with Crippen LogP contribution in [-0.2, 0) is 4.79 Å². The van der Waals surface area contributed by atoms with Gasteiger partial charge in [-0.15, -0.1) is 0 Å². The lowest BCUT2D eigenvalue weighted by Crippen LogP contribution is -2.32. The molecule has 0 unspecified atom stereocenters. The van der Waals surface area contributed by atoms with E-state index in [1.54, 1.807) is 12.1 Å². The number of carbonyl (C=O) groups excluding carboxylic acids is 1. The number of Topliss-reactive ketones (excluding diaryl/α,β-unsaturated/α-hetero) is 1. The summed E-state index contributed by atoms with van der Waals surface area (Å²) >= 11 is 0. The number of hydrogen-bond donors (Lipinski definition) is 0. The summed E-state index contributed by atoms with van der Waals surface area (Å²) in [5.41, 5.74) is 0.786. The molecule has 0 spiro atoms. The molecule has 3 rings (SSSR count). The molecule has 1 aliphatic heterocycles. The molecule has 3 atom stereocenters. The van der Waals surface area contributed by atoms with Gasteiger partial charge in [0.25, 0.3) is 0 Å². The molecule has 118 valence electrons. The zero-order valence-electron chi connectivity index (χ0n) is 12.5. The average molecular weight is 305 g/mol. The third-order valence-corrected chi connectivity index (χ3v) is 4.61. The predicted octanol–water partition coefficient (Wildman–Crippen LogP) is 2.78. The van der Waals surface area contributed by atoms with Crippen molar-refractivity contribution in [2.24, 2.45) is 11.8 Å². The van der Waals surface area contributed by atoms with Gasteiger partial charge in [-0.3, -0.25) is 14.9 Å². The second-order valence-corrected chi connectivity index (χ2v) is 6.19. The van der Waals surface area contributed by atoms with Crippen molar-refractivity contribution in [2.75, 3.05) is 13.3 Å². The van der Waals surface area contributed by atoms with E-state index in [0.29, 0.717) is 30.3 Å². The van der Waals surface area contributed by atoms with Crippen molar-refractivity contribution >= 4 is 5.78 Å². The first-order valence-corrected chi connectivity index (χ1v) is 7.58. The highest BCUT2D eigenvalue weighted by molar-refractivity contribution is 5.82. The van der Waals surface area contributed by atoms with Crippen molar-refractivity contribution in [1.29, 1.82) is 0 Å². The summed E-state index contributed by atoms with van der Waals surface area (Å²) in [7, 11) is 0. The molecule has 0 N–H and O–H groups in total. The van der Waals surface area contributed by atoms with Gasteiger partial charge in [-0.05, 0) is 36.5 Å². The van der Waals surface area contributed by atoms with E-state index in [4.69, 9.17) is 9.47 Å². The number of rotatable bonds is 4. The highest BCUT2D eigenvalue weighted by Crippen LogP contribution is 2.40. The summed E-state index contributed by atoms with van der Waals surface area (Å²) in [6, 6.07) is 5.36. The summed E-state index contributed by atoms with van der Waals surface area (Å²) in [6.07, 6.45) is 2.11. The van der Waals surface area contributed by atoms with Gasteiger partial charge in [0.15, 0.2) is 11.5 Å². The number of nitrogens with zero attached hydrogens (tertiary/aromatic N) is 1. The van der Waals surface area contributed by atoms with Crippen LogP contribution in [0.4, 0.5) is 0 Å². The number of nitro groups is 1. The number of ketones is 1. The molecule has 0 bridgehead atoms. The highest BCUT2D eigenvalue weighted by atomic mass is 16.7. The maximum atomic E-state index is 12.3. The maximum absolute atomic E-state index is 12.3. The van der Waals surface area contributed by atoms with Crippen LogP contribution in [0.3, 0.4) is 0 Å². The van der Waals surface area contributed by atoms with Gasteiger partial charge in [0.1, 0.15) is 5.78 Å². The van der Waals surface area contributed by atoms with Crippen LogP contribution in [0.5, 0.6) is 11.5 Å². The second kappa shape index (κ2) is 5.94. The minimum Gasteiger partial charge on any atom is -0.454 e. The lowest BCUT2D eigenvalue weighted by Gasteiger charge is -2.30. The van der Waals surface area contributed by atoms with E-state index < -0.39 is 5.92 Å². The van der Waals surface area contributed by atoms with Gasteiger partial charge in [0, 0.05) is 17.3 Å². The van der Waals surface area contributed by atoms with E-state index >= 15 is 0 Å². The van der Waals surface area contributed by atoms with Crippen LogP contribution in [0, 0.1) is 22.0 Å². The third kappa shape index (κ3) is 2.91. The van der Waals surface area contributed by atoms with Gasteiger partial charge >= 0.3 is 0 Å². The molecule has 6 heteroatoms. The topological polar surface area (TPSA) is 78.7 Å². The summed E-state index contributed by atoms with van der Waals surface area (Å²) < 4.78 is 10.6. The van der Waals surface area contributed by atoms with Crippen LogP contribution >= 0.6 is 0 Å². The zero-order valence-corrected chi connectivity index (χ0v) is 12.5. The largest absolute Gasteiger partial charge is 0.454 e. The SMILES string of the molecule is C[C@H]1CCC(=O)[C@H]([C@@H](C[N+](=O)[O-])c2ccc3c(c2)OCO3)C1. The quantitative estimate of drug-likeness (QED) is 0.631. The highest BCUT2D eigenvalue weighted by Gasteiger charge is 2.37. The number of ether oxygens (including phenoxy) is 2. The smallest absolute Gasteiger partial charge is 0.231 e. The first kappa shape index (κ1) is 14.8. The normalized spacial score (nSPS) is 25.0. The number of hydrogen-bond acceptors (Lipinski definition) is 5. The molecular weight excluding hydrogens is 286 g/mol. The van der Waals surface area contributed by atoms with Crippen molar-refractivity contribution in [3.05, 3.63) is 33.9 Å². The van der Waals surface area contributed by atoms with Crippen molar-refractivity contribution in [3.63, 3.8) is 0 Å². The van der Waals surface area contributed by atoms with E-state index in [-0.39, 0.29) is 30.0 Å². The van der Waals surface area contributed by atoms with Crippen LogP contribution in [-0.4, -0.2) is 24.0 Å². The van der Waals surface area contributed by atoms with Gasteiger partial charge in [-0.25, -0.2) is 0 Å². The van der Waals surface area contributed by atoms with E-state index in [9.17, 15) is 14.9 Å². The Balaban J connectivity index is 1.92. The van der Waals surface area contributed by atoms with Gasteiger partial charge < -0.3 is 9.47 Å². The van der Waals surface area contributed by atoms with Crippen LogP contribution in [0.2, 0.25) is 0 Å². The van der Waals surface area contributed by atoms with Gasteiger partial charge in [-0.1, -0.05) is 13.0 Å². The molecule has 0 amide bonds. The Bertz CT molecular complexity index is 600. The Morgan fingerprint density at radius 2 is 2.14 bits per heavy atom. The Morgan fingerprint density at radius 3 is 2.91 bits per heavy atom. The second-order valence-electron chi connectivity index (χ2n) is 6.19. The summed E-state index contributed by atoms with van der Waals surface area (Å²) in [4.78, 5) is 23.0. The standard InChI is InChI=1S/C16H19NO5/c1-10-2-4-14(18)12(6-10)13(8-17(19)20)11-3-5-15-16(7-11)22-9-21-15/h3,5,7,10,12-13H,2,4,6,8-9H2,1H3/t10-,12-,13-/m0/s1. The van der Waals surface area contributed by atoms with E-state index in [1.165, 1.54) is 0 Å². The lowest BCUT2D eigenvalue weighted by atomic mass is 9.72. The van der Waals surface area contributed by atoms with Gasteiger partial charge in [-0.2, -0.15) is 0 Å². The van der Waals surface area contributed by atoms with Crippen molar-refractivity contribution in [1.82, 2.24) is 0 Å². The average Bonchev–Trinajstić information content (AvgIpc) is 2.94. The molecule has 22 heavy (non-hydrogen) atoms. The molecule has 1 heterocycles. The first-order valence-electron chi connectivity index (χ1n) is 7.58. The molecule has 0 aromatic heterocycles. The molecule has 2 aliphatic rings. The Morgan fingerprint density at radius 1 is 1.36 bits per heavy atom. The molecule has 0 saturated heterocycles. The Labute approximate surface area is 128 Å². The van der Waals surface area contributed by atoms with Crippen LogP contribution in [0.15, 0.2) is 18.2 Å². The summed E-state index contributed by atoms with van der Waals surface area (Å²) in [5, 5.41) is 11.1. The fourth-order valence-electron chi connectivity index (χ4n) is 3.41. The molecule has 1 aromatic carbocycles. The lowest BCUT2D eigenvalue weighted by molar-refractivity contribution is -0.484. The van der Waals surface area contributed by atoms with Crippen LogP contribution < -0.4 is 9.47 Å². The predicted molar refractivity (Wildman–Crippen MR) is 78.7 cm³/mol. The van der Waals surface area contributed by atoms with Crippen LogP contribution in [0.1, 0.15) is 37.7 Å². The van der Waals surface area contributed by atoms with Gasteiger partial charge in [0.2, 0.25) is 13.3 Å². The Kier molecular flexibility index (Phi) is 4.00. The molecule has 1 fully saturated rings. The monoisotopic (exact) mass is 305 g/mol. The Hall–Kier alpha value is -2.11. The van der Waals surface area contributed by atoms with Crippen molar-refractivity contribution < 1.29 is 19.2 Å². The van der Waals surface area contributed by atoms with Crippen LogP contribution in [0.25, 0.3) is 0 Å². The summed E-state index contributed by atoms with van der Waals surface area (Å²) in [6.45, 7) is 2.03. The van der Waals surface area contributed by atoms with Crippen molar-refractivity contribution in [2.45, 2.75) is 32.1 Å². The maximum Gasteiger partial charge on any atom is 0.231 e. The molecule has 6 nitrogen and oxygen atoms in total. The fourth-order valence-corrected chi connectivity index (χ4v) is 3.41. The van der Waals surface area contributed by atoms with E-state index in [2.05, 4.69) is 6.92 Å². The third-order valence-electron chi connectivity index (χ3n) is 4.61. The van der Waals surface area contributed by atoms with E-state index in [1.807, 2.05) is 6.07 Å². The molecule has 0 radical (unpaired) electrons. The fraction of sp³-hybridized carbons (Fsp3) is 0.562. The number of fused-ring (bicyclic) bond motifs is 1. The van der Waals surface area contributed by atoms with Gasteiger partial charge in [0.05, 0.1) is 5.92 Å². The van der Waals surface area contributed by atoms with Crippen molar-refractivity contribution in [3.8, 4) is 11.5 Å². The van der Waals surface area contributed by atoms with E-state index in [0.717, 1.165) is 12.0 Å². The zero-order chi connectivity index (χ0) is 15.7. The molecule has 1 saturated carbocycles. The summed E-state index contributed by atoms with van der Waals surface area (Å²) in [5.74, 6) is 1.12. The number of benzene rings is 1. The molecule has 1 aromatic rings. The minimum atomic E-state index is -0.403. The molecular formula is C16H19NO5. The molecule has 1 aliphatic carbocycles.